The number of carbonyl (C=O) groups excluding carboxylic acids is 7. The number of ether oxygens (including phenoxy) is 6. The van der Waals surface area contributed by atoms with Crippen LogP contribution in [0.3, 0.4) is 0 Å². The summed E-state index contributed by atoms with van der Waals surface area (Å²) in [6, 6.07) is 1.73. The molecule has 4 fully saturated rings. The van der Waals surface area contributed by atoms with E-state index in [1.807, 2.05) is 23.9 Å². The molecule has 20 atom stereocenters. The van der Waals surface area contributed by atoms with Gasteiger partial charge in [0, 0.05) is 25.2 Å². The number of non-ortho nitro benzene ring substituents is 1. The summed E-state index contributed by atoms with van der Waals surface area (Å²) in [5, 5.41) is 64.5. The lowest BCUT2D eigenvalue weighted by Crippen LogP contribution is -2.68. The molecule has 0 radical (unpaired) electrons. The molecule has 31 heteroatoms. The minimum atomic E-state index is -2.16. The van der Waals surface area contributed by atoms with Crippen molar-refractivity contribution in [3.05, 3.63) is 39.9 Å². The van der Waals surface area contributed by atoms with Gasteiger partial charge in [-0.05, 0) is 104 Å². The maximum atomic E-state index is 13.8. The topological polar surface area (TPSA) is 342 Å². The Morgan fingerprint density at radius 2 is 1.11 bits per heavy atom. The van der Waals surface area contributed by atoms with Gasteiger partial charge in [-0.1, -0.05) is 62.0 Å². The lowest BCUT2D eigenvalue weighted by Gasteiger charge is -2.50. The third-order valence-corrected chi connectivity index (χ3v) is 20.2. The average molecular weight is 1380 g/mol. The Balaban J connectivity index is 1.25. The predicted octanol–water partition coefficient (Wildman–Crippen LogP) is 4.65. The van der Waals surface area contributed by atoms with E-state index in [9.17, 15) is 64.1 Å². The summed E-state index contributed by atoms with van der Waals surface area (Å²) in [6.45, 7) is 12.2. The minimum Gasteiger partial charge on any atom is -0.465 e. The zero-order chi connectivity index (χ0) is 66.6. The van der Waals surface area contributed by atoms with Gasteiger partial charge in [0.05, 0.1) is 71.4 Å². The number of hydrogen-bond donors (Lipinski definition) is 7. The van der Waals surface area contributed by atoms with Crippen LogP contribution in [0.15, 0.2) is 24.3 Å². The largest absolute Gasteiger partial charge is 0.465 e. The number of aliphatic hydroxyl groups excluding tert-OH is 4. The molecule has 0 bridgehead atoms. The number of likely N-dealkylation sites (tertiary alicyclic amines) is 2. The highest BCUT2D eigenvalue weighted by atomic mass is 35.5. The van der Waals surface area contributed by atoms with Crippen LogP contribution in [0.2, 0.25) is 0 Å². The molecule has 25 nitrogen and oxygen atoms in total. The molecule has 0 aromatic heterocycles. The second-order valence-electron chi connectivity index (χ2n) is 23.9. The highest BCUT2D eigenvalue weighted by Crippen LogP contribution is 2.43. The minimum absolute atomic E-state index is 0.0962. The summed E-state index contributed by atoms with van der Waals surface area (Å²) in [5.41, 5.74) is -0.267. The van der Waals surface area contributed by atoms with Crippen molar-refractivity contribution in [3.63, 3.8) is 0 Å². The monoisotopic (exact) mass is 1380 g/mol. The molecule has 0 spiro atoms. The van der Waals surface area contributed by atoms with E-state index in [0.29, 0.717) is 24.7 Å². The molecule has 4 heterocycles. The first kappa shape index (κ1) is 76.2. The fraction of sp³-hybridized carbons (Fsp3) is 0.776. The van der Waals surface area contributed by atoms with E-state index in [4.69, 9.17) is 74.8 Å². The number of nitro groups is 1. The van der Waals surface area contributed by atoms with Gasteiger partial charge in [0.25, 0.3) is 11.6 Å². The van der Waals surface area contributed by atoms with Crippen LogP contribution >= 0.6 is 69.9 Å². The summed E-state index contributed by atoms with van der Waals surface area (Å²) >= 11 is 27.6. The number of rotatable bonds is 30. The molecule has 1 aromatic rings. The van der Waals surface area contributed by atoms with Crippen molar-refractivity contribution in [3.8, 4) is 0 Å². The van der Waals surface area contributed by atoms with Crippen molar-refractivity contribution >= 4 is 117 Å². The van der Waals surface area contributed by atoms with E-state index >= 15 is 0 Å². The number of esters is 4. The Kier molecular flexibility index (Phi) is 28.7. The second-order valence-corrected chi connectivity index (χ2v) is 29.4. The van der Waals surface area contributed by atoms with Crippen LogP contribution < -0.4 is 16.0 Å². The molecule has 4 aliphatic rings. The summed E-state index contributed by atoms with van der Waals surface area (Å²) in [7, 11) is 3.71. The summed E-state index contributed by atoms with van der Waals surface area (Å²) in [4.78, 5) is 107. The van der Waals surface area contributed by atoms with Gasteiger partial charge >= 0.3 is 23.9 Å². The lowest BCUT2D eigenvalue weighted by molar-refractivity contribution is -0.384. The van der Waals surface area contributed by atoms with Gasteiger partial charge in [0.15, 0.2) is 32.6 Å². The molecule has 11 unspecified atom stereocenters. The molecule has 4 aliphatic heterocycles. The third-order valence-electron chi connectivity index (χ3n) is 17.0. The van der Waals surface area contributed by atoms with Gasteiger partial charge in [-0.2, -0.15) is 0 Å². The number of aliphatic hydroxyl groups is 4. The molecule has 0 saturated carbocycles. The van der Waals surface area contributed by atoms with Crippen molar-refractivity contribution < 1.29 is 87.3 Å². The zero-order valence-corrected chi connectivity index (χ0v) is 56.6. The van der Waals surface area contributed by atoms with E-state index < -0.39 is 177 Å². The number of nitrogens with zero attached hydrogens (tertiary/aromatic N) is 3. The number of benzene rings is 1. The fourth-order valence-corrected chi connectivity index (χ4v) is 13.6. The number of carbonyl (C=O) groups is 7. The van der Waals surface area contributed by atoms with E-state index in [0.717, 1.165) is 81.4 Å². The maximum absolute atomic E-state index is 13.8. The zero-order valence-electron chi connectivity index (χ0n) is 52.0. The fourth-order valence-electron chi connectivity index (χ4n) is 11.9. The maximum Gasteiger partial charge on any atom is 0.308 e. The quantitative estimate of drug-likeness (QED) is 0.0138. The van der Waals surface area contributed by atoms with Crippen molar-refractivity contribution in [1.82, 2.24) is 25.8 Å². The van der Waals surface area contributed by atoms with Gasteiger partial charge in [0.1, 0.15) is 43.2 Å². The van der Waals surface area contributed by atoms with Crippen LogP contribution in [0.5, 0.6) is 0 Å². The molecule has 89 heavy (non-hydrogen) atoms. The van der Waals surface area contributed by atoms with E-state index in [2.05, 4.69) is 29.8 Å². The molecule has 1 aromatic carbocycles. The van der Waals surface area contributed by atoms with Crippen LogP contribution in [-0.4, -0.2) is 227 Å². The van der Waals surface area contributed by atoms with Gasteiger partial charge in [0.2, 0.25) is 11.8 Å². The van der Waals surface area contributed by atoms with Crippen molar-refractivity contribution in [1.29, 1.82) is 0 Å². The first-order chi connectivity index (χ1) is 41.6. The second kappa shape index (κ2) is 33.5. The van der Waals surface area contributed by atoms with Gasteiger partial charge in [-0.15, -0.1) is 46.7 Å². The number of hydrogen-bond acceptors (Lipinski definition) is 23. The number of nitrogens with one attached hydrogen (secondary N) is 3. The van der Waals surface area contributed by atoms with Crippen LogP contribution in [0.25, 0.3) is 0 Å². The van der Waals surface area contributed by atoms with Gasteiger partial charge in [-0.25, -0.2) is 0 Å². The molecule has 4 saturated heterocycles. The molecule has 7 N–H and O–H groups in total. The molecular formula is C58H88Cl4N6O19S2. The predicted molar refractivity (Wildman–Crippen MR) is 334 cm³/mol. The SMILES string of the molecule is CCCC1CC(C(=O)NC(C(C)Cl)[C@H]2O[C@](C)(SC)[C@H](OC(=O)CCC(=O)OCC(c3ccc([N+](=O)[O-])cc3)C(NC(=O)C(C)(Cl)Cl)OC(=O)CCC(=O)OC3[C@@H](O)[C@@H](O)[C@@H](C(NC(=O)C4CC(CCC)CN4C)C(C)Cl)O[C@@]3(C)SC)[C@@H](O)[C@H]2O)N(C)C1. The number of amides is 3. The molecule has 504 valence electrons. The van der Waals surface area contributed by atoms with Crippen molar-refractivity contribution in [2.45, 2.75) is 223 Å². The summed E-state index contributed by atoms with van der Waals surface area (Å²) in [6.07, 6.45) is -8.91. The van der Waals surface area contributed by atoms with Crippen LogP contribution in [0.4, 0.5) is 5.69 Å². The first-order valence-corrected chi connectivity index (χ1v) is 33.9. The van der Waals surface area contributed by atoms with Crippen molar-refractivity contribution in [2.75, 3.05) is 46.3 Å². The van der Waals surface area contributed by atoms with Crippen LogP contribution in [-0.2, 0) is 62.0 Å². The van der Waals surface area contributed by atoms with E-state index in [-0.39, 0.29) is 23.1 Å². The van der Waals surface area contributed by atoms with Crippen molar-refractivity contribution in [2.24, 2.45) is 11.8 Å². The number of halogens is 4. The Hall–Kier alpha value is -3.55. The normalized spacial score (nSPS) is 31.2. The average Bonchev–Trinajstić information content (AvgIpc) is 1.38. The molecular weight excluding hydrogens is 1290 g/mol. The first-order valence-electron chi connectivity index (χ1n) is 29.8. The summed E-state index contributed by atoms with van der Waals surface area (Å²) in [5.74, 6) is -6.81. The molecule has 0 aliphatic carbocycles. The lowest BCUT2D eigenvalue weighted by atomic mass is 9.89. The Bertz CT molecular complexity index is 2600. The molecule has 5 rings (SSSR count). The van der Waals surface area contributed by atoms with Crippen LogP contribution in [0.1, 0.15) is 124 Å². The molecule has 3 amide bonds. The standard InChI is InChI=1S/C58H88Cl4N6O19S2/c1-12-14-31-24-36(66(8)26-31)52(77)63-42(29(3)59)48-44(73)46(75)50(57(6,86-48)88-10)83-39(70)21-20-38(69)82-28-35(33-16-18-34(19-17-33)68(80)81)54(65-55(79)56(5,61)62)85-41(72)23-22-40(71)84-51-47(76)45(74)49(87-58(51,7)89-11)43(30(4)60)64-53(78)37-25-32(15-13-2)27-67(37)9/h16-19,29-32,35-37,42-51,54,73-76H,12-15,20-28H2,1-11H3,(H,63,77)(H,64,78)(H,65,79)/t29?,30?,31?,32?,35?,36?,37?,42?,43?,44-,45-,46+,47+,48-,49-,50-,51?,54?,57-,58+/m1/s1. The van der Waals surface area contributed by atoms with E-state index in [1.54, 1.807) is 26.4 Å². The van der Waals surface area contributed by atoms with Gasteiger partial charge < -0.3 is 64.8 Å². The van der Waals surface area contributed by atoms with Crippen LogP contribution in [0, 0.1) is 22.0 Å². The highest BCUT2D eigenvalue weighted by molar-refractivity contribution is 8.00. The number of nitro benzene ring substituents is 1. The Morgan fingerprint density at radius 3 is 1.48 bits per heavy atom. The Labute approximate surface area is 548 Å². The van der Waals surface area contributed by atoms with E-state index in [1.165, 1.54) is 26.0 Å². The third kappa shape index (κ3) is 20.0. The number of alkyl halides is 4. The highest BCUT2D eigenvalue weighted by Gasteiger charge is 2.58. The summed E-state index contributed by atoms with van der Waals surface area (Å²) < 4.78 is 33.2. The van der Waals surface area contributed by atoms with Gasteiger partial charge in [-0.3, -0.25) is 53.5 Å². The number of thioether (sulfide) groups is 2. The Morgan fingerprint density at radius 1 is 0.708 bits per heavy atom. The number of likely N-dealkylation sites (N-methyl/N-ethyl adjacent to an activating group) is 2. The smallest absolute Gasteiger partial charge is 0.308 e.